The van der Waals surface area contributed by atoms with Crippen molar-refractivity contribution in [1.82, 2.24) is 10.1 Å². The number of hydrogen-bond donors (Lipinski definition) is 3. The van der Waals surface area contributed by atoms with Crippen molar-refractivity contribution in [3.63, 3.8) is 0 Å². The number of para-hydroxylation sites is 1. The number of nitrogens with one attached hydrogen (secondary N) is 1. The minimum Gasteiger partial charge on any atom is -0.506 e. The van der Waals surface area contributed by atoms with Crippen molar-refractivity contribution < 1.29 is 28.3 Å². The average Bonchev–Trinajstić information content (AvgIpc) is 2.89. The van der Waals surface area contributed by atoms with E-state index in [0.29, 0.717) is 22.6 Å². The fourth-order valence-electron chi connectivity index (χ4n) is 4.17. The van der Waals surface area contributed by atoms with E-state index in [0.717, 1.165) is 25.7 Å². The van der Waals surface area contributed by atoms with Crippen LogP contribution >= 0.6 is 7.75 Å². The molecule has 0 bridgehead atoms. The summed E-state index contributed by atoms with van der Waals surface area (Å²) >= 11 is 0. The van der Waals surface area contributed by atoms with Crippen molar-refractivity contribution in [3.05, 3.63) is 82.7 Å². The molecule has 0 amide bonds. The normalized spacial score (nSPS) is 15.3. The third kappa shape index (κ3) is 6.76. The van der Waals surface area contributed by atoms with Crippen LogP contribution in [0.3, 0.4) is 0 Å². The van der Waals surface area contributed by atoms with Crippen molar-refractivity contribution in [2.24, 2.45) is 5.73 Å². The van der Waals surface area contributed by atoms with Crippen LogP contribution in [0.5, 0.6) is 17.2 Å². The van der Waals surface area contributed by atoms with Gasteiger partial charge in [-0.2, -0.15) is 5.09 Å². The van der Waals surface area contributed by atoms with Gasteiger partial charge in [-0.15, -0.1) is 0 Å². The highest BCUT2D eigenvalue weighted by Gasteiger charge is 2.33. The zero-order valence-corrected chi connectivity index (χ0v) is 21.9. The minimum absolute atomic E-state index is 0.0364. The average molecular weight is 526 g/mol. The van der Waals surface area contributed by atoms with Gasteiger partial charge in [0.05, 0.1) is 12.3 Å². The van der Waals surface area contributed by atoms with E-state index >= 15 is 0 Å². The SMILES string of the molecule is Cc1ncc(COP(=O)(N[C@@H](C)C(=O)Oc2ccc3c(c2)CCCC3)Oc2ccccc2)c(CN)c1O. The molecule has 1 aliphatic carbocycles. The molecule has 3 aromatic rings. The molecule has 10 heteroatoms. The lowest BCUT2D eigenvalue weighted by molar-refractivity contribution is -0.136. The number of rotatable bonds is 10. The predicted molar refractivity (Wildman–Crippen MR) is 139 cm³/mol. The lowest BCUT2D eigenvalue weighted by atomic mass is 9.92. The summed E-state index contributed by atoms with van der Waals surface area (Å²) in [6.07, 6.45) is 5.75. The second-order valence-corrected chi connectivity index (χ2v) is 10.7. The number of carbonyl (C=O) groups excluding carboxylic acids is 1. The smallest absolute Gasteiger partial charge is 0.459 e. The van der Waals surface area contributed by atoms with Crippen molar-refractivity contribution in [2.45, 2.75) is 58.7 Å². The number of aromatic hydroxyl groups is 1. The van der Waals surface area contributed by atoms with Crippen molar-refractivity contribution in [2.75, 3.05) is 0 Å². The molecule has 0 radical (unpaired) electrons. The number of hydrogen-bond acceptors (Lipinski definition) is 8. The monoisotopic (exact) mass is 525 g/mol. The van der Waals surface area contributed by atoms with Crippen LogP contribution in [0.2, 0.25) is 0 Å². The van der Waals surface area contributed by atoms with Gasteiger partial charge in [-0.25, -0.2) is 9.36 Å². The maximum absolute atomic E-state index is 13.8. The summed E-state index contributed by atoms with van der Waals surface area (Å²) < 4.78 is 30.8. The summed E-state index contributed by atoms with van der Waals surface area (Å²) in [6, 6.07) is 13.1. The molecule has 0 saturated heterocycles. The Hall–Kier alpha value is -3.23. The van der Waals surface area contributed by atoms with Gasteiger partial charge in [-0.05, 0) is 74.9 Å². The molecule has 1 heterocycles. The Kier molecular flexibility index (Phi) is 8.61. The molecular weight excluding hydrogens is 493 g/mol. The van der Waals surface area contributed by atoms with Crippen molar-refractivity contribution >= 4 is 13.7 Å². The Bertz CT molecular complexity index is 1300. The number of pyridine rings is 1. The summed E-state index contributed by atoms with van der Waals surface area (Å²) in [7, 11) is -4.10. The van der Waals surface area contributed by atoms with Gasteiger partial charge in [-0.1, -0.05) is 24.3 Å². The van der Waals surface area contributed by atoms with Crippen LogP contribution in [0, 0.1) is 6.92 Å². The summed E-state index contributed by atoms with van der Waals surface area (Å²) in [4.78, 5) is 17.0. The first kappa shape index (κ1) is 26.8. The van der Waals surface area contributed by atoms with Crippen LogP contribution in [-0.2, 0) is 39.9 Å². The fourth-order valence-corrected chi connectivity index (χ4v) is 5.64. The quantitative estimate of drug-likeness (QED) is 0.195. The van der Waals surface area contributed by atoms with Gasteiger partial charge >= 0.3 is 13.7 Å². The molecule has 1 unspecified atom stereocenters. The van der Waals surface area contributed by atoms with E-state index in [9.17, 15) is 14.5 Å². The Morgan fingerprint density at radius 1 is 1.14 bits per heavy atom. The van der Waals surface area contributed by atoms with Crippen LogP contribution in [0.15, 0.2) is 54.7 Å². The first-order valence-electron chi connectivity index (χ1n) is 12.2. The molecular formula is C27H32N3O6P. The van der Waals surface area contributed by atoms with Gasteiger partial charge in [0, 0.05) is 23.9 Å². The fraction of sp³-hybridized carbons (Fsp3) is 0.333. The van der Waals surface area contributed by atoms with Crippen LogP contribution in [-0.4, -0.2) is 22.1 Å². The largest absolute Gasteiger partial charge is 0.506 e. The van der Waals surface area contributed by atoms with E-state index in [2.05, 4.69) is 10.1 Å². The van der Waals surface area contributed by atoms with Crippen LogP contribution in [0.4, 0.5) is 0 Å². The number of carbonyl (C=O) groups is 1. The molecule has 4 rings (SSSR count). The number of ether oxygens (including phenoxy) is 1. The van der Waals surface area contributed by atoms with E-state index in [4.69, 9.17) is 19.5 Å². The first-order valence-corrected chi connectivity index (χ1v) is 13.8. The van der Waals surface area contributed by atoms with Gasteiger partial charge in [0.1, 0.15) is 23.3 Å². The molecule has 37 heavy (non-hydrogen) atoms. The molecule has 2 atom stereocenters. The number of aromatic nitrogens is 1. The molecule has 2 aromatic carbocycles. The van der Waals surface area contributed by atoms with E-state index in [1.54, 1.807) is 43.3 Å². The van der Waals surface area contributed by atoms with Gasteiger partial charge in [-0.3, -0.25) is 9.51 Å². The van der Waals surface area contributed by atoms with Crippen LogP contribution < -0.4 is 20.1 Å². The Balaban J connectivity index is 1.50. The standard InChI is InChI=1S/C27H32N3O6P/c1-18-26(31)25(15-28)22(16-29-18)17-34-37(33,36-23-10-4-3-5-11-23)30-19(2)27(32)35-24-13-12-20-8-6-7-9-21(20)14-24/h3-5,10-14,16,19,31H,6-9,15,17,28H2,1-2H3,(H,30,33)/t19-,37?/m0/s1. The lowest BCUT2D eigenvalue weighted by Crippen LogP contribution is -2.36. The number of benzene rings is 2. The first-order chi connectivity index (χ1) is 17.8. The van der Waals surface area contributed by atoms with Gasteiger partial charge < -0.3 is 20.1 Å². The number of nitrogens with zero attached hydrogens (tertiary/aromatic N) is 1. The Labute approximate surface area is 216 Å². The molecule has 0 aliphatic heterocycles. The number of nitrogens with two attached hydrogens (primary N) is 1. The van der Waals surface area contributed by atoms with E-state index in [1.807, 2.05) is 12.1 Å². The minimum atomic E-state index is -4.10. The Morgan fingerprint density at radius 2 is 1.86 bits per heavy atom. The van der Waals surface area contributed by atoms with Crippen LogP contribution in [0.25, 0.3) is 0 Å². The van der Waals surface area contributed by atoms with Gasteiger partial charge in [0.2, 0.25) is 0 Å². The summed E-state index contributed by atoms with van der Waals surface area (Å²) in [5, 5.41) is 13.0. The molecule has 1 aliphatic rings. The predicted octanol–water partition coefficient (Wildman–Crippen LogP) is 4.72. The second-order valence-electron chi connectivity index (χ2n) is 8.98. The van der Waals surface area contributed by atoms with E-state index < -0.39 is 19.8 Å². The summed E-state index contributed by atoms with van der Waals surface area (Å²) in [5.41, 5.74) is 9.56. The van der Waals surface area contributed by atoms with E-state index in [1.165, 1.54) is 24.2 Å². The molecule has 9 nitrogen and oxygen atoms in total. The molecule has 1 aromatic heterocycles. The maximum Gasteiger partial charge on any atom is 0.459 e. The molecule has 0 fully saturated rings. The molecule has 196 valence electrons. The third-order valence-corrected chi connectivity index (χ3v) is 7.86. The second kappa shape index (κ2) is 11.9. The maximum atomic E-state index is 13.8. The van der Waals surface area contributed by atoms with Gasteiger partial charge in [0.15, 0.2) is 0 Å². The van der Waals surface area contributed by atoms with Crippen molar-refractivity contribution in [3.8, 4) is 17.2 Å². The molecule has 0 saturated carbocycles. The topological polar surface area (TPSA) is 133 Å². The van der Waals surface area contributed by atoms with Crippen molar-refractivity contribution in [1.29, 1.82) is 0 Å². The molecule has 4 N–H and O–H groups in total. The zero-order valence-electron chi connectivity index (χ0n) is 21.0. The lowest BCUT2D eigenvalue weighted by Gasteiger charge is -2.23. The zero-order chi connectivity index (χ0) is 26.4. The summed E-state index contributed by atoms with van der Waals surface area (Å²) in [5.74, 6) is 0.0521. The third-order valence-electron chi connectivity index (χ3n) is 6.24. The van der Waals surface area contributed by atoms with E-state index in [-0.39, 0.29) is 24.7 Å². The highest BCUT2D eigenvalue weighted by atomic mass is 31.2. The summed E-state index contributed by atoms with van der Waals surface area (Å²) in [6.45, 7) is 2.99. The van der Waals surface area contributed by atoms with Crippen LogP contribution in [0.1, 0.15) is 47.7 Å². The number of esters is 1. The number of aryl methyl sites for hydroxylation is 3. The molecule has 0 spiro atoms. The highest BCUT2D eigenvalue weighted by molar-refractivity contribution is 7.52. The Morgan fingerprint density at radius 3 is 2.59 bits per heavy atom. The highest BCUT2D eigenvalue weighted by Crippen LogP contribution is 2.46. The van der Waals surface area contributed by atoms with Gasteiger partial charge in [0.25, 0.3) is 0 Å². The number of fused-ring (bicyclic) bond motifs is 1.